The van der Waals surface area contributed by atoms with E-state index < -0.39 is 5.41 Å². The number of carbonyl (C=O) groups excluding carboxylic acids is 2. The van der Waals surface area contributed by atoms with E-state index in [0.717, 1.165) is 62.6 Å². The van der Waals surface area contributed by atoms with Crippen molar-refractivity contribution in [1.29, 1.82) is 0 Å². The van der Waals surface area contributed by atoms with E-state index in [0.29, 0.717) is 35.4 Å². The lowest BCUT2D eigenvalue weighted by molar-refractivity contribution is -0.229. The predicted molar refractivity (Wildman–Crippen MR) is 161 cm³/mol. The van der Waals surface area contributed by atoms with Gasteiger partial charge in [0.1, 0.15) is 0 Å². The van der Waals surface area contributed by atoms with Crippen molar-refractivity contribution in [3.63, 3.8) is 0 Å². The molecular formula is C36H50N2O2. The average molecular weight is 543 g/mol. The van der Waals surface area contributed by atoms with E-state index in [2.05, 4.69) is 59.2 Å². The van der Waals surface area contributed by atoms with Gasteiger partial charge < -0.3 is 5.73 Å². The first-order valence-corrected chi connectivity index (χ1v) is 15.8. The second kappa shape index (κ2) is 8.88. The zero-order chi connectivity index (χ0) is 28.9. The number of nitrogens with zero attached hydrogens (tertiary/aromatic N) is 1. The Labute approximate surface area is 241 Å². The number of allylic oxidation sites excluding steroid dienone is 2. The van der Waals surface area contributed by atoms with Crippen LogP contribution < -0.4 is 5.73 Å². The molecule has 40 heavy (non-hydrogen) atoms. The van der Waals surface area contributed by atoms with Gasteiger partial charge in [-0.1, -0.05) is 52.8 Å². The minimum absolute atomic E-state index is 0.0423. The number of Topliss-reactive ketones (excluding diaryl/α,β-unsaturated/α-hetero) is 1. The highest BCUT2D eigenvalue weighted by Crippen LogP contribution is 2.77. The van der Waals surface area contributed by atoms with Crippen LogP contribution in [0.3, 0.4) is 0 Å². The van der Waals surface area contributed by atoms with Crippen molar-refractivity contribution in [2.75, 3.05) is 0 Å². The first kappa shape index (κ1) is 27.9. The maximum Gasteiger partial charge on any atom is 0.223 e. The van der Waals surface area contributed by atoms with E-state index in [1.54, 1.807) is 0 Å². The first-order chi connectivity index (χ1) is 18.7. The van der Waals surface area contributed by atoms with Crippen LogP contribution in [-0.2, 0) is 9.59 Å². The van der Waals surface area contributed by atoms with Crippen LogP contribution in [0, 0.1) is 56.7 Å². The highest BCUT2D eigenvalue weighted by Gasteiger charge is 2.72. The van der Waals surface area contributed by atoms with Crippen LogP contribution in [-0.4, -0.2) is 16.7 Å². The number of primary amides is 1. The van der Waals surface area contributed by atoms with Crippen LogP contribution >= 0.6 is 0 Å². The number of pyridine rings is 1. The molecule has 5 saturated carbocycles. The van der Waals surface area contributed by atoms with Crippen LogP contribution in [0.5, 0.6) is 0 Å². The van der Waals surface area contributed by atoms with Gasteiger partial charge in [0.25, 0.3) is 0 Å². The minimum Gasteiger partial charge on any atom is -0.369 e. The summed E-state index contributed by atoms with van der Waals surface area (Å²) in [7, 11) is 0. The van der Waals surface area contributed by atoms with Gasteiger partial charge in [-0.05, 0) is 134 Å². The number of ketones is 1. The third-order valence-corrected chi connectivity index (χ3v) is 14.2. The monoisotopic (exact) mass is 542 g/mol. The normalized spacial score (nSPS) is 46.6. The average Bonchev–Trinajstić information content (AvgIpc) is 3.30. The largest absolute Gasteiger partial charge is 0.369 e. The summed E-state index contributed by atoms with van der Waals surface area (Å²) in [6.45, 7) is 18.7. The summed E-state index contributed by atoms with van der Waals surface area (Å²) in [5, 5.41) is 0. The van der Waals surface area contributed by atoms with Crippen molar-refractivity contribution in [3.8, 4) is 0 Å². The molecule has 0 aromatic carbocycles. The van der Waals surface area contributed by atoms with Gasteiger partial charge in [0, 0.05) is 11.6 Å². The Balaban J connectivity index is 1.42. The molecule has 4 heteroatoms. The number of fused-ring (bicyclic) bond motifs is 7. The lowest BCUT2D eigenvalue weighted by Gasteiger charge is -2.72. The molecule has 5 aliphatic rings. The summed E-state index contributed by atoms with van der Waals surface area (Å²) in [5.41, 5.74) is 8.89. The fraction of sp³-hybridized carbons (Fsp3) is 0.694. The second-order valence-electron chi connectivity index (χ2n) is 15.9. The molecule has 4 nitrogen and oxygen atoms in total. The molecular weight excluding hydrogens is 492 g/mol. The van der Waals surface area contributed by atoms with Crippen molar-refractivity contribution in [2.45, 2.75) is 99.3 Å². The maximum atomic E-state index is 14.0. The number of nitrogens with two attached hydrogens (primary N) is 1. The summed E-state index contributed by atoms with van der Waals surface area (Å²) >= 11 is 0. The molecule has 0 radical (unpaired) electrons. The lowest BCUT2D eigenvalue weighted by Crippen LogP contribution is -2.67. The molecule has 0 spiro atoms. The molecule has 5 aliphatic carbocycles. The van der Waals surface area contributed by atoms with Gasteiger partial charge in [-0.3, -0.25) is 14.6 Å². The molecule has 5 fully saturated rings. The van der Waals surface area contributed by atoms with Gasteiger partial charge >= 0.3 is 0 Å². The van der Waals surface area contributed by atoms with Crippen LogP contribution in [0.1, 0.15) is 105 Å². The molecule has 0 aliphatic heterocycles. The Bertz CT molecular complexity index is 1280. The standard InChI is InChI=1S/C36H50N2O2/c1-22(2)25-13-16-36(31(37)40)18-17-34(6)26(29(25)36)11-12-28-33(5)21-23(20-24-10-8-9-19-38-24)30(39)32(3,4)27(33)14-15-35(28,34)7/h8-10,19-20,25-29H,1,11-18,21H2,2-7H3,(H2,37,40)/b23-20-/t25-,26+,27-,28+,29+,33-,34+,35+,36-/m0/s1. The SMILES string of the molecule is C=C(C)[C@@H]1CC[C@]2(C(N)=O)CC[C@]3(C)[C@H](CC[C@@H]4[C@@]5(C)C/C(=C/c6ccccn6)C(=O)C(C)(C)[C@@H]5CC[C@]43C)[C@@H]12. The fourth-order valence-electron chi connectivity index (χ4n) is 12.2. The third kappa shape index (κ3) is 3.46. The van der Waals surface area contributed by atoms with Crippen LogP contribution in [0.15, 0.2) is 42.1 Å². The number of rotatable bonds is 3. The molecule has 6 rings (SSSR count). The Morgan fingerprint density at radius 2 is 1.73 bits per heavy atom. The van der Waals surface area contributed by atoms with Gasteiger partial charge in [0.15, 0.2) is 5.78 Å². The van der Waals surface area contributed by atoms with Crippen molar-refractivity contribution in [1.82, 2.24) is 4.98 Å². The summed E-state index contributed by atoms with van der Waals surface area (Å²) in [6, 6.07) is 5.93. The summed E-state index contributed by atoms with van der Waals surface area (Å²) in [4.78, 5) is 31.6. The number of hydrogen-bond acceptors (Lipinski definition) is 3. The Hall–Kier alpha value is -2.23. The minimum atomic E-state index is -0.392. The van der Waals surface area contributed by atoms with E-state index >= 15 is 0 Å². The first-order valence-electron chi connectivity index (χ1n) is 15.8. The zero-order valence-corrected chi connectivity index (χ0v) is 25.7. The highest BCUT2D eigenvalue weighted by atomic mass is 16.1. The summed E-state index contributed by atoms with van der Waals surface area (Å²) < 4.78 is 0. The fourth-order valence-corrected chi connectivity index (χ4v) is 12.2. The maximum absolute atomic E-state index is 14.0. The summed E-state index contributed by atoms with van der Waals surface area (Å²) in [5.74, 6) is 2.34. The van der Waals surface area contributed by atoms with Gasteiger partial charge in [0.2, 0.25) is 5.91 Å². The number of amides is 1. The summed E-state index contributed by atoms with van der Waals surface area (Å²) in [6.07, 6.45) is 13.3. The van der Waals surface area contributed by atoms with Gasteiger partial charge in [-0.25, -0.2) is 0 Å². The van der Waals surface area contributed by atoms with E-state index in [-0.39, 0.29) is 27.6 Å². The Kier molecular flexibility index (Phi) is 6.20. The molecule has 1 heterocycles. The zero-order valence-electron chi connectivity index (χ0n) is 25.7. The third-order valence-electron chi connectivity index (χ3n) is 14.2. The molecule has 0 saturated heterocycles. The topological polar surface area (TPSA) is 73.1 Å². The highest BCUT2D eigenvalue weighted by molar-refractivity contribution is 6.04. The van der Waals surface area contributed by atoms with Crippen molar-refractivity contribution >= 4 is 17.8 Å². The number of aromatic nitrogens is 1. The predicted octanol–water partition coefficient (Wildman–Crippen LogP) is 7.79. The number of carbonyl (C=O) groups is 2. The molecule has 2 N–H and O–H groups in total. The quantitative estimate of drug-likeness (QED) is 0.313. The number of hydrogen-bond donors (Lipinski definition) is 1. The van der Waals surface area contributed by atoms with E-state index in [9.17, 15) is 9.59 Å². The molecule has 1 aromatic heterocycles. The van der Waals surface area contributed by atoms with Crippen molar-refractivity contribution in [3.05, 3.63) is 47.8 Å². The van der Waals surface area contributed by atoms with Gasteiger partial charge in [-0.15, -0.1) is 0 Å². The molecule has 0 unspecified atom stereocenters. The van der Waals surface area contributed by atoms with E-state index in [4.69, 9.17) is 5.73 Å². The molecule has 216 valence electrons. The van der Waals surface area contributed by atoms with Gasteiger partial charge in [-0.2, -0.15) is 0 Å². The Morgan fingerprint density at radius 3 is 2.38 bits per heavy atom. The van der Waals surface area contributed by atoms with E-state index in [1.165, 1.54) is 12.0 Å². The van der Waals surface area contributed by atoms with Crippen LogP contribution in [0.25, 0.3) is 6.08 Å². The van der Waals surface area contributed by atoms with E-state index in [1.807, 2.05) is 24.4 Å². The van der Waals surface area contributed by atoms with Crippen molar-refractivity contribution in [2.24, 2.45) is 62.4 Å². The molecule has 0 bridgehead atoms. The second-order valence-corrected chi connectivity index (χ2v) is 15.9. The Morgan fingerprint density at radius 1 is 0.975 bits per heavy atom. The smallest absolute Gasteiger partial charge is 0.223 e. The molecule has 1 amide bonds. The van der Waals surface area contributed by atoms with Crippen molar-refractivity contribution < 1.29 is 9.59 Å². The molecule has 9 atom stereocenters. The lowest BCUT2D eigenvalue weighted by atomic mass is 9.32. The molecule has 1 aromatic rings. The van der Waals surface area contributed by atoms with Gasteiger partial charge in [0.05, 0.1) is 11.1 Å². The van der Waals surface area contributed by atoms with Crippen LogP contribution in [0.4, 0.5) is 0 Å². The van der Waals surface area contributed by atoms with Crippen LogP contribution in [0.2, 0.25) is 0 Å².